The third-order valence-corrected chi connectivity index (χ3v) is 2.21. The molecule has 5 heteroatoms. The lowest BCUT2D eigenvalue weighted by Crippen LogP contribution is -2.32. The lowest BCUT2D eigenvalue weighted by molar-refractivity contribution is 0.0535. The summed E-state index contributed by atoms with van der Waals surface area (Å²) in [6.45, 7) is 5.72. The van der Waals surface area contributed by atoms with Crippen LogP contribution >= 0.6 is 0 Å². The fraction of sp³-hybridized carbons (Fsp3) is 0.400. The molecule has 0 bridgehead atoms. The van der Waals surface area contributed by atoms with Crippen molar-refractivity contribution in [1.29, 1.82) is 0 Å². The fourth-order valence-electron chi connectivity index (χ4n) is 1.37. The van der Waals surface area contributed by atoms with Gasteiger partial charge in [-0.1, -0.05) is 17.9 Å². The van der Waals surface area contributed by atoms with Gasteiger partial charge in [-0.2, -0.15) is 0 Å². The molecule has 0 aromatic heterocycles. The molecule has 108 valence electrons. The number of carbonyl (C=O) groups is 1. The fourth-order valence-corrected chi connectivity index (χ4v) is 1.37. The van der Waals surface area contributed by atoms with E-state index in [1.165, 1.54) is 6.07 Å². The predicted octanol–water partition coefficient (Wildman–Crippen LogP) is 2.16. The summed E-state index contributed by atoms with van der Waals surface area (Å²) >= 11 is 0. The summed E-state index contributed by atoms with van der Waals surface area (Å²) in [6.07, 6.45) is -0.553. The van der Waals surface area contributed by atoms with Gasteiger partial charge in [-0.3, -0.25) is 0 Å². The van der Waals surface area contributed by atoms with Crippen LogP contribution in [0.25, 0.3) is 0 Å². The van der Waals surface area contributed by atoms with Crippen molar-refractivity contribution in [3.8, 4) is 11.8 Å². The van der Waals surface area contributed by atoms with Crippen LogP contribution < -0.4 is 11.1 Å². The molecule has 0 fully saturated rings. The first-order valence-electron chi connectivity index (χ1n) is 6.26. The number of benzene rings is 1. The van der Waals surface area contributed by atoms with E-state index in [4.69, 9.17) is 10.5 Å². The molecular weight excluding hydrogens is 259 g/mol. The number of nitrogens with two attached hydrogens (primary N) is 1. The van der Waals surface area contributed by atoms with Crippen molar-refractivity contribution in [3.63, 3.8) is 0 Å². The maximum atomic E-state index is 13.5. The first kappa shape index (κ1) is 16.0. The maximum absolute atomic E-state index is 13.5. The second-order valence-corrected chi connectivity index (χ2v) is 5.18. The minimum atomic E-state index is -0.556. The molecule has 0 saturated carbocycles. The van der Waals surface area contributed by atoms with Crippen molar-refractivity contribution >= 4 is 6.09 Å². The molecule has 3 N–H and O–H groups in total. The second kappa shape index (κ2) is 6.92. The van der Waals surface area contributed by atoms with Gasteiger partial charge in [0.2, 0.25) is 0 Å². The van der Waals surface area contributed by atoms with Crippen molar-refractivity contribution in [2.45, 2.75) is 32.9 Å². The highest BCUT2D eigenvalue weighted by Crippen LogP contribution is 2.09. The number of ether oxygens (including phenoxy) is 1. The van der Waals surface area contributed by atoms with Crippen LogP contribution in [0.15, 0.2) is 18.2 Å². The zero-order valence-corrected chi connectivity index (χ0v) is 11.9. The molecule has 0 radical (unpaired) electrons. The molecule has 1 rings (SSSR count). The molecule has 0 aliphatic carbocycles. The van der Waals surface area contributed by atoms with E-state index in [1.54, 1.807) is 32.9 Å². The highest BCUT2D eigenvalue weighted by molar-refractivity contribution is 5.68. The third kappa shape index (κ3) is 5.72. The monoisotopic (exact) mass is 278 g/mol. The van der Waals surface area contributed by atoms with Gasteiger partial charge in [-0.15, -0.1) is 0 Å². The van der Waals surface area contributed by atoms with Crippen LogP contribution in [0.1, 0.15) is 31.9 Å². The second-order valence-electron chi connectivity index (χ2n) is 5.18. The van der Waals surface area contributed by atoms with Crippen LogP contribution in [0, 0.1) is 17.7 Å². The summed E-state index contributed by atoms with van der Waals surface area (Å²) in [5, 5.41) is 2.48. The molecule has 4 nitrogen and oxygen atoms in total. The Morgan fingerprint density at radius 1 is 1.45 bits per heavy atom. The van der Waals surface area contributed by atoms with Gasteiger partial charge in [0.05, 0.1) is 12.1 Å². The molecule has 0 spiro atoms. The molecule has 20 heavy (non-hydrogen) atoms. The first-order valence-corrected chi connectivity index (χ1v) is 6.26. The quantitative estimate of drug-likeness (QED) is 0.815. The van der Waals surface area contributed by atoms with Crippen LogP contribution in [0.4, 0.5) is 9.18 Å². The number of rotatable bonds is 2. The average molecular weight is 278 g/mol. The Balaban J connectivity index is 2.57. The van der Waals surface area contributed by atoms with Crippen molar-refractivity contribution in [3.05, 3.63) is 35.1 Å². The molecule has 0 saturated heterocycles. The van der Waals surface area contributed by atoms with Crippen LogP contribution in [-0.4, -0.2) is 18.2 Å². The number of hydrogen-bond acceptors (Lipinski definition) is 3. The molecule has 0 aliphatic rings. The van der Waals surface area contributed by atoms with E-state index in [0.29, 0.717) is 6.54 Å². The SMILES string of the molecule is CC(C)(C)OC(=O)NCC#Cc1cc(CN)ccc1F. The Morgan fingerprint density at radius 3 is 2.75 bits per heavy atom. The Kier molecular flexibility index (Phi) is 5.53. The number of carbonyl (C=O) groups excluding carboxylic acids is 1. The van der Waals surface area contributed by atoms with Gasteiger partial charge >= 0.3 is 6.09 Å². The number of halogens is 1. The van der Waals surface area contributed by atoms with Gasteiger partial charge in [-0.05, 0) is 38.5 Å². The molecule has 0 heterocycles. The number of hydrogen-bond donors (Lipinski definition) is 2. The van der Waals surface area contributed by atoms with Crippen molar-refractivity contribution < 1.29 is 13.9 Å². The molecule has 1 aromatic carbocycles. The third-order valence-electron chi connectivity index (χ3n) is 2.21. The van der Waals surface area contributed by atoms with Crippen LogP contribution in [0.3, 0.4) is 0 Å². The van der Waals surface area contributed by atoms with Gasteiger partial charge in [-0.25, -0.2) is 9.18 Å². The lowest BCUT2D eigenvalue weighted by Gasteiger charge is -2.19. The van der Waals surface area contributed by atoms with E-state index in [0.717, 1.165) is 5.56 Å². The number of alkyl carbamates (subject to hydrolysis) is 1. The van der Waals surface area contributed by atoms with Crippen molar-refractivity contribution in [1.82, 2.24) is 5.32 Å². The number of nitrogens with one attached hydrogen (secondary N) is 1. The van der Waals surface area contributed by atoms with Gasteiger partial charge < -0.3 is 15.8 Å². The van der Waals surface area contributed by atoms with E-state index in [1.807, 2.05) is 0 Å². The molecular formula is C15H19FN2O2. The Labute approximate surface area is 118 Å². The van der Waals surface area contributed by atoms with E-state index < -0.39 is 17.5 Å². The van der Waals surface area contributed by atoms with Gasteiger partial charge in [0, 0.05) is 6.54 Å². The molecule has 1 amide bonds. The summed E-state index contributed by atoms with van der Waals surface area (Å²) in [7, 11) is 0. The first-order chi connectivity index (χ1) is 9.31. The molecule has 0 aliphatic heterocycles. The summed E-state index contributed by atoms with van der Waals surface area (Å²) in [5.41, 5.74) is 5.99. The minimum absolute atomic E-state index is 0.0845. The number of amides is 1. The zero-order valence-electron chi connectivity index (χ0n) is 11.9. The zero-order chi connectivity index (χ0) is 15.2. The average Bonchev–Trinajstić information content (AvgIpc) is 2.34. The van der Waals surface area contributed by atoms with E-state index in [-0.39, 0.29) is 12.1 Å². The summed E-state index contributed by atoms with van der Waals surface area (Å²) < 4.78 is 18.5. The van der Waals surface area contributed by atoms with Gasteiger partial charge in [0.1, 0.15) is 11.4 Å². The molecule has 0 atom stereocenters. The normalized spacial score (nSPS) is 10.4. The largest absolute Gasteiger partial charge is 0.444 e. The maximum Gasteiger partial charge on any atom is 0.408 e. The lowest BCUT2D eigenvalue weighted by atomic mass is 10.1. The topological polar surface area (TPSA) is 64.3 Å². The van der Waals surface area contributed by atoms with Crippen LogP contribution in [0.2, 0.25) is 0 Å². The van der Waals surface area contributed by atoms with Gasteiger partial charge in [0.25, 0.3) is 0 Å². The molecule has 0 unspecified atom stereocenters. The molecule has 1 aromatic rings. The Bertz CT molecular complexity index is 539. The Hall–Kier alpha value is -2.06. The highest BCUT2D eigenvalue weighted by Gasteiger charge is 2.14. The summed E-state index contributed by atoms with van der Waals surface area (Å²) in [6, 6.07) is 4.53. The predicted molar refractivity (Wildman–Crippen MR) is 75.4 cm³/mol. The summed E-state index contributed by atoms with van der Waals surface area (Å²) in [4.78, 5) is 11.3. The van der Waals surface area contributed by atoms with E-state index in [9.17, 15) is 9.18 Å². The van der Waals surface area contributed by atoms with E-state index >= 15 is 0 Å². The van der Waals surface area contributed by atoms with Crippen LogP contribution in [-0.2, 0) is 11.3 Å². The standard InChI is InChI=1S/C15H19FN2O2/c1-15(2,3)20-14(19)18-8-4-5-12-9-11(10-17)6-7-13(12)16/h6-7,9H,8,10,17H2,1-3H3,(H,18,19). The minimum Gasteiger partial charge on any atom is -0.444 e. The van der Waals surface area contributed by atoms with E-state index in [2.05, 4.69) is 17.2 Å². The van der Waals surface area contributed by atoms with Crippen molar-refractivity contribution in [2.75, 3.05) is 6.54 Å². The smallest absolute Gasteiger partial charge is 0.408 e. The highest BCUT2D eigenvalue weighted by atomic mass is 19.1. The summed E-state index contributed by atoms with van der Waals surface area (Å²) in [5.74, 6) is 4.91. The Morgan fingerprint density at radius 2 is 2.15 bits per heavy atom. The van der Waals surface area contributed by atoms with Gasteiger partial charge in [0.15, 0.2) is 0 Å². The van der Waals surface area contributed by atoms with Crippen molar-refractivity contribution in [2.24, 2.45) is 5.73 Å². The van der Waals surface area contributed by atoms with Crippen LogP contribution in [0.5, 0.6) is 0 Å².